The maximum Gasteiger partial charge on any atom is 0.0737 e. The van der Waals surface area contributed by atoms with Gasteiger partial charge in [0, 0.05) is 48.4 Å². The fraction of sp³-hybridized carbons (Fsp3) is 0.0638. The van der Waals surface area contributed by atoms with Gasteiger partial charge in [0.25, 0.3) is 0 Å². The third-order valence-corrected chi connectivity index (χ3v) is 11.0. The van der Waals surface area contributed by atoms with Gasteiger partial charge in [-0.1, -0.05) is 102 Å². The van der Waals surface area contributed by atoms with Crippen LogP contribution in [0.4, 0.5) is 5.69 Å². The number of nitrogen functional groups attached to an aromatic ring is 1. The molecular formula is C47H36N4S. The van der Waals surface area contributed by atoms with E-state index in [9.17, 15) is 0 Å². The molecule has 0 fully saturated rings. The van der Waals surface area contributed by atoms with Crippen LogP contribution in [-0.2, 0) is 0 Å². The molecule has 2 aliphatic heterocycles. The Hall–Kier alpha value is -6.30. The zero-order valence-corrected chi connectivity index (χ0v) is 30.1. The van der Waals surface area contributed by atoms with Gasteiger partial charge in [-0.15, -0.1) is 11.3 Å². The molecule has 0 saturated carbocycles. The quantitative estimate of drug-likeness (QED) is 0.181. The molecule has 0 atom stereocenters. The number of nitrogens with two attached hydrogens (primary N) is 1. The number of rotatable bonds is 4. The highest BCUT2D eigenvalue weighted by molar-refractivity contribution is 7.24. The maximum atomic E-state index is 6.18. The van der Waals surface area contributed by atoms with Gasteiger partial charge >= 0.3 is 0 Å². The van der Waals surface area contributed by atoms with Crippen molar-refractivity contribution in [3.8, 4) is 44.5 Å². The molecule has 0 radical (unpaired) electrons. The van der Waals surface area contributed by atoms with E-state index in [2.05, 4.69) is 159 Å². The van der Waals surface area contributed by atoms with Gasteiger partial charge in [-0.3, -0.25) is 0 Å². The van der Waals surface area contributed by atoms with Crippen molar-refractivity contribution in [3.05, 3.63) is 161 Å². The van der Waals surface area contributed by atoms with Crippen LogP contribution in [0, 0.1) is 20.8 Å². The number of nitrogens with one attached hydrogen (secondary N) is 1. The van der Waals surface area contributed by atoms with E-state index >= 15 is 0 Å². The summed E-state index contributed by atoms with van der Waals surface area (Å²) in [6.07, 6.45) is 8.62. The predicted molar refractivity (Wildman–Crippen MR) is 223 cm³/mol. The van der Waals surface area contributed by atoms with Crippen LogP contribution >= 0.6 is 11.3 Å². The number of anilines is 1. The van der Waals surface area contributed by atoms with Crippen LogP contribution in [-0.4, -0.2) is 15.0 Å². The molecule has 8 bridgehead atoms. The second-order valence-electron chi connectivity index (χ2n) is 13.6. The summed E-state index contributed by atoms with van der Waals surface area (Å²) in [5.41, 5.74) is 24.9. The van der Waals surface area contributed by atoms with Crippen LogP contribution < -0.4 is 5.73 Å². The molecule has 3 aromatic heterocycles. The van der Waals surface area contributed by atoms with Crippen molar-refractivity contribution in [1.29, 1.82) is 0 Å². The lowest BCUT2D eigenvalue weighted by molar-refractivity contribution is 1.32. The molecule has 7 aromatic rings. The number of hydrogen-bond acceptors (Lipinski definition) is 4. The second kappa shape index (κ2) is 12.8. The molecule has 52 heavy (non-hydrogen) atoms. The highest BCUT2D eigenvalue weighted by Crippen LogP contribution is 2.41. The lowest BCUT2D eigenvalue weighted by Gasteiger charge is -2.07. The first-order valence-corrected chi connectivity index (χ1v) is 18.3. The molecule has 9 rings (SSSR count). The Kier molecular flexibility index (Phi) is 7.79. The number of fused-ring (bicyclic) bond motifs is 8. The Morgan fingerprint density at radius 2 is 0.731 bits per heavy atom. The van der Waals surface area contributed by atoms with Gasteiger partial charge in [-0.05, 0) is 104 Å². The monoisotopic (exact) mass is 688 g/mol. The van der Waals surface area contributed by atoms with Gasteiger partial charge in [0.05, 0.1) is 22.8 Å². The SMILES string of the molecule is Cc1ccc(-c2c3nc(c(-c4ccc(C)cc4)c4ccc(s4)c(-c4ccc(N)cc4)c4nc(c(-c5ccc(C)cc5)c5ccc2[nH]5)C=C4)C=C3)cc1. The van der Waals surface area contributed by atoms with E-state index < -0.39 is 0 Å². The van der Waals surface area contributed by atoms with Crippen molar-refractivity contribution in [2.45, 2.75) is 20.8 Å². The van der Waals surface area contributed by atoms with E-state index in [1.807, 2.05) is 12.1 Å². The van der Waals surface area contributed by atoms with Gasteiger partial charge in [-0.2, -0.15) is 0 Å². The first-order valence-electron chi connectivity index (χ1n) is 17.5. The number of hydrogen-bond donors (Lipinski definition) is 2. The van der Waals surface area contributed by atoms with E-state index in [-0.39, 0.29) is 0 Å². The van der Waals surface area contributed by atoms with E-state index in [0.717, 1.165) is 93.4 Å². The molecule has 2 aliphatic rings. The van der Waals surface area contributed by atoms with Crippen LogP contribution in [0.5, 0.6) is 0 Å². The Labute approximate surface area is 307 Å². The second-order valence-corrected chi connectivity index (χ2v) is 14.7. The van der Waals surface area contributed by atoms with Crippen LogP contribution in [0.15, 0.2) is 121 Å². The Balaban J connectivity index is 1.47. The number of thiophene rings is 1. The van der Waals surface area contributed by atoms with E-state index in [1.54, 1.807) is 11.3 Å². The third-order valence-electron chi connectivity index (χ3n) is 9.85. The van der Waals surface area contributed by atoms with Gasteiger partial charge in [0.15, 0.2) is 0 Å². The zero-order chi connectivity index (χ0) is 35.3. The van der Waals surface area contributed by atoms with E-state index in [4.69, 9.17) is 15.7 Å². The summed E-state index contributed by atoms with van der Waals surface area (Å²) in [7, 11) is 0. The van der Waals surface area contributed by atoms with Crippen molar-refractivity contribution >= 4 is 61.8 Å². The van der Waals surface area contributed by atoms with Crippen molar-refractivity contribution in [2.75, 3.05) is 5.73 Å². The topological polar surface area (TPSA) is 67.6 Å². The first-order chi connectivity index (χ1) is 25.4. The molecule has 3 N–H and O–H groups in total. The standard InChI is InChI=1S/C47H36N4S/c1-28-4-10-31(11-5-28)44-36-20-21-37(49-36)45(32-12-6-29(2)7-13-32)39-23-25-41(51-39)47(34-16-18-35(48)19-17-34)43-27-26-42(52-43)46(40-24-22-38(44)50-40)33-14-8-30(3)9-15-33/h4-27,49H,48H2,1-3H3. The lowest BCUT2D eigenvalue weighted by atomic mass is 10.0. The van der Waals surface area contributed by atoms with Crippen LogP contribution in [0.2, 0.25) is 0 Å². The number of nitrogens with zero attached hydrogens (tertiary/aromatic N) is 2. The minimum absolute atomic E-state index is 0.730. The first kappa shape index (κ1) is 31.7. The number of aromatic nitrogens is 3. The minimum atomic E-state index is 0.730. The van der Waals surface area contributed by atoms with Gasteiger partial charge in [0.2, 0.25) is 0 Å². The van der Waals surface area contributed by atoms with Gasteiger partial charge in [0.1, 0.15) is 0 Å². The van der Waals surface area contributed by atoms with Crippen LogP contribution in [0.1, 0.15) is 39.5 Å². The van der Waals surface area contributed by atoms with E-state index in [0.29, 0.717) is 0 Å². The molecule has 5 heterocycles. The smallest absolute Gasteiger partial charge is 0.0737 e. The molecular weight excluding hydrogens is 653 g/mol. The predicted octanol–water partition coefficient (Wildman–Crippen LogP) is 12.6. The normalized spacial score (nSPS) is 12.1. The summed E-state index contributed by atoms with van der Waals surface area (Å²) in [5, 5.41) is 0. The summed E-state index contributed by atoms with van der Waals surface area (Å²) >= 11 is 1.77. The fourth-order valence-corrected chi connectivity index (χ4v) is 8.26. The van der Waals surface area contributed by atoms with Crippen molar-refractivity contribution in [3.63, 3.8) is 0 Å². The number of aromatic amines is 1. The van der Waals surface area contributed by atoms with Gasteiger partial charge in [-0.25, -0.2) is 9.97 Å². The van der Waals surface area contributed by atoms with Crippen molar-refractivity contribution < 1.29 is 0 Å². The third kappa shape index (κ3) is 5.75. The largest absolute Gasteiger partial charge is 0.399 e. The molecule has 0 aliphatic carbocycles. The summed E-state index contributed by atoms with van der Waals surface area (Å²) in [6.45, 7) is 6.37. The van der Waals surface area contributed by atoms with Crippen molar-refractivity contribution in [1.82, 2.24) is 15.0 Å². The van der Waals surface area contributed by atoms with Crippen LogP contribution in [0.3, 0.4) is 0 Å². The number of H-pyrrole nitrogens is 1. The average Bonchev–Trinajstić information content (AvgIpc) is 3.99. The summed E-state index contributed by atoms with van der Waals surface area (Å²) < 4.78 is 2.26. The maximum absolute atomic E-state index is 6.18. The molecule has 4 nitrogen and oxygen atoms in total. The summed E-state index contributed by atoms with van der Waals surface area (Å²) in [4.78, 5) is 14.7. The Bertz CT molecular complexity index is 2350. The molecule has 250 valence electrons. The fourth-order valence-electron chi connectivity index (χ4n) is 7.10. The zero-order valence-electron chi connectivity index (χ0n) is 29.2. The molecule has 0 saturated heterocycles. The average molecular weight is 689 g/mol. The Morgan fingerprint density at radius 1 is 0.404 bits per heavy atom. The number of benzene rings is 4. The number of aryl methyl sites for hydroxylation is 3. The molecule has 5 heteroatoms. The Morgan fingerprint density at radius 3 is 1.12 bits per heavy atom. The summed E-state index contributed by atoms with van der Waals surface area (Å²) in [6, 6.07) is 43.1. The summed E-state index contributed by atoms with van der Waals surface area (Å²) in [5.74, 6) is 0. The lowest BCUT2D eigenvalue weighted by Crippen LogP contribution is -1.89. The van der Waals surface area contributed by atoms with Crippen molar-refractivity contribution in [2.24, 2.45) is 0 Å². The van der Waals surface area contributed by atoms with Crippen LogP contribution in [0.25, 0.3) is 89.2 Å². The molecule has 0 spiro atoms. The highest BCUT2D eigenvalue weighted by Gasteiger charge is 2.19. The molecule has 0 unspecified atom stereocenters. The van der Waals surface area contributed by atoms with E-state index in [1.165, 1.54) is 16.7 Å². The molecule has 0 amide bonds. The minimum Gasteiger partial charge on any atom is -0.399 e. The molecule has 4 aromatic carbocycles. The van der Waals surface area contributed by atoms with Gasteiger partial charge < -0.3 is 10.7 Å². The highest BCUT2D eigenvalue weighted by atomic mass is 32.1.